The summed E-state index contributed by atoms with van der Waals surface area (Å²) in [4.78, 5) is 24.1. The van der Waals surface area contributed by atoms with Crippen LogP contribution in [0.4, 0.5) is 8.78 Å². The minimum Gasteiger partial charge on any atom is -0.282 e. The van der Waals surface area contributed by atoms with Crippen molar-refractivity contribution in [2.24, 2.45) is 0 Å². The molecule has 2 aromatic carbocycles. The smallest absolute Gasteiger partial charge is 0.219 e. The van der Waals surface area contributed by atoms with Gasteiger partial charge in [0.05, 0.1) is 5.56 Å². The van der Waals surface area contributed by atoms with Crippen molar-refractivity contribution in [1.29, 1.82) is 0 Å². The number of halogens is 2. The van der Waals surface area contributed by atoms with Gasteiger partial charge in [-0.15, -0.1) is 0 Å². The van der Waals surface area contributed by atoms with Crippen molar-refractivity contribution in [2.45, 2.75) is 23.6 Å². The average molecular weight is 390 g/mol. The van der Waals surface area contributed by atoms with Crippen LogP contribution in [0.2, 0.25) is 0 Å². The van der Waals surface area contributed by atoms with E-state index in [1.807, 2.05) is 0 Å². The molecule has 26 heavy (non-hydrogen) atoms. The first kappa shape index (κ1) is 20.1. The summed E-state index contributed by atoms with van der Waals surface area (Å²) in [6, 6.07) is 8.57. The van der Waals surface area contributed by atoms with Gasteiger partial charge in [-0.05, 0) is 78.3 Å². The van der Waals surface area contributed by atoms with Crippen LogP contribution >= 0.6 is 23.5 Å². The summed E-state index contributed by atoms with van der Waals surface area (Å²) >= 11 is 1.73. The minimum atomic E-state index is -0.763. The van der Waals surface area contributed by atoms with Crippen LogP contribution in [0, 0.1) is 11.6 Å². The average Bonchev–Trinajstić information content (AvgIpc) is 2.55. The molecule has 0 spiro atoms. The minimum absolute atomic E-state index is 0.168. The fraction of sp³-hybridized carbons (Fsp3) is 0.100. The second-order valence-electron chi connectivity index (χ2n) is 5.63. The molecule has 0 saturated carbocycles. The molecule has 2 rings (SSSR count). The predicted octanol–water partition coefficient (Wildman–Crippen LogP) is 6.02. The predicted molar refractivity (Wildman–Crippen MR) is 103 cm³/mol. The molecular weight excluding hydrogens is 374 g/mol. The molecular formula is C20H16F2O2S2. The number of carbonyl (C=O) groups excluding carboxylic acids is 2. The highest BCUT2D eigenvalue weighted by Gasteiger charge is 2.16. The van der Waals surface area contributed by atoms with E-state index < -0.39 is 11.6 Å². The van der Waals surface area contributed by atoms with Crippen molar-refractivity contribution < 1.29 is 18.4 Å². The molecule has 134 valence electrons. The molecule has 0 unspecified atom stereocenters. The highest BCUT2D eigenvalue weighted by molar-refractivity contribution is 8.14. The van der Waals surface area contributed by atoms with Gasteiger partial charge >= 0.3 is 0 Å². The quantitative estimate of drug-likeness (QED) is 0.462. The topological polar surface area (TPSA) is 34.1 Å². The summed E-state index contributed by atoms with van der Waals surface area (Å²) < 4.78 is 28.8. The number of thioether (sulfide) groups is 2. The first-order valence-electron chi connectivity index (χ1n) is 7.54. The van der Waals surface area contributed by atoms with Crippen molar-refractivity contribution in [3.8, 4) is 11.1 Å². The van der Waals surface area contributed by atoms with Gasteiger partial charge in [0.2, 0.25) is 10.2 Å². The Kier molecular flexibility index (Phi) is 6.56. The van der Waals surface area contributed by atoms with Gasteiger partial charge in [-0.3, -0.25) is 9.59 Å². The number of carbonyl (C=O) groups is 2. The molecule has 0 saturated heterocycles. The molecule has 0 bridgehead atoms. The molecule has 2 nitrogen and oxygen atoms in total. The van der Waals surface area contributed by atoms with Gasteiger partial charge in [-0.1, -0.05) is 25.3 Å². The molecule has 6 heteroatoms. The Morgan fingerprint density at radius 1 is 0.808 bits per heavy atom. The maximum atomic E-state index is 14.4. The molecule has 2 aromatic rings. The molecule has 0 radical (unpaired) electrons. The van der Waals surface area contributed by atoms with E-state index in [1.54, 1.807) is 31.2 Å². The van der Waals surface area contributed by atoms with Crippen molar-refractivity contribution in [3.63, 3.8) is 0 Å². The number of hydrogen-bond acceptors (Lipinski definition) is 4. The van der Waals surface area contributed by atoms with E-state index in [9.17, 15) is 18.4 Å². The van der Waals surface area contributed by atoms with Crippen LogP contribution in [0.1, 0.15) is 13.8 Å². The summed E-state index contributed by atoms with van der Waals surface area (Å²) in [5.41, 5.74) is 0.889. The highest BCUT2D eigenvalue weighted by atomic mass is 32.2. The van der Waals surface area contributed by atoms with E-state index in [2.05, 4.69) is 13.2 Å². The Balaban J connectivity index is 2.28. The van der Waals surface area contributed by atoms with Gasteiger partial charge in [-0.25, -0.2) is 8.78 Å². The Bertz CT molecular complexity index is 880. The van der Waals surface area contributed by atoms with Crippen molar-refractivity contribution in [3.05, 3.63) is 72.3 Å². The molecule has 0 aliphatic rings. The van der Waals surface area contributed by atoms with E-state index in [-0.39, 0.29) is 20.7 Å². The van der Waals surface area contributed by atoms with E-state index in [0.29, 0.717) is 21.6 Å². The summed E-state index contributed by atoms with van der Waals surface area (Å²) in [5.74, 6) is -1.53. The Labute approximate surface area is 159 Å². The van der Waals surface area contributed by atoms with E-state index in [4.69, 9.17) is 0 Å². The maximum absolute atomic E-state index is 14.4. The summed E-state index contributed by atoms with van der Waals surface area (Å²) in [5, 5.41) is -0.515. The van der Waals surface area contributed by atoms with E-state index >= 15 is 0 Å². The van der Waals surface area contributed by atoms with Crippen LogP contribution in [-0.4, -0.2) is 10.2 Å². The third-order valence-corrected chi connectivity index (χ3v) is 5.32. The van der Waals surface area contributed by atoms with Crippen LogP contribution in [0.3, 0.4) is 0 Å². The normalized spacial score (nSPS) is 10.5. The van der Waals surface area contributed by atoms with Crippen molar-refractivity contribution >= 4 is 33.8 Å². The van der Waals surface area contributed by atoms with E-state index in [1.165, 1.54) is 6.92 Å². The fourth-order valence-corrected chi connectivity index (χ4v) is 3.34. The molecule has 0 aliphatic carbocycles. The first-order valence-corrected chi connectivity index (χ1v) is 9.17. The second kappa shape index (κ2) is 8.47. The fourth-order valence-electron chi connectivity index (χ4n) is 1.96. The zero-order valence-corrected chi connectivity index (χ0v) is 15.9. The van der Waals surface area contributed by atoms with Gasteiger partial charge in [0.15, 0.2) is 0 Å². The molecule has 0 N–H and O–H groups in total. The first-order chi connectivity index (χ1) is 12.2. The molecule has 0 amide bonds. The Hall–Kier alpha value is -2.18. The van der Waals surface area contributed by atoms with Gasteiger partial charge in [0, 0.05) is 9.79 Å². The maximum Gasteiger partial charge on any atom is 0.219 e. The van der Waals surface area contributed by atoms with Gasteiger partial charge in [-0.2, -0.15) is 0 Å². The second-order valence-corrected chi connectivity index (χ2v) is 7.72. The summed E-state index contributed by atoms with van der Waals surface area (Å²) in [6.07, 6.45) is 0. The molecule has 0 aromatic heterocycles. The standard InChI is InChI=1S/C20H16F2O2S2/c1-11(2)19(23)25-14-7-5-13(6-8-14)18-16(21)9-15(10-17(18)22)26-20(24)12(3)4/h5-10H,1,3H2,2,4H3. The molecule has 0 fully saturated rings. The van der Waals surface area contributed by atoms with Crippen LogP contribution in [-0.2, 0) is 9.59 Å². The van der Waals surface area contributed by atoms with Crippen LogP contribution in [0.5, 0.6) is 0 Å². The zero-order chi connectivity index (χ0) is 19.4. The van der Waals surface area contributed by atoms with Gasteiger partial charge in [0.25, 0.3) is 0 Å². The third-order valence-electron chi connectivity index (χ3n) is 3.28. The third kappa shape index (κ3) is 4.93. The molecule has 0 heterocycles. The van der Waals surface area contributed by atoms with Crippen LogP contribution in [0.25, 0.3) is 11.1 Å². The molecule has 0 aliphatic heterocycles. The summed E-state index contributed by atoms with van der Waals surface area (Å²) in [7, 11) is 0. The van der Waals surface area contributed by atoms with Crippen molar-refractivity contribution in [1.82, 2.24) is 0 Å². The van der Waals surface area contributed by atoms with E-state index in [0.717, 1.165) is 35.7 Å². The van der Waals surface area contributed by atoms with Crippen LogP contribution in [0.15, 0.2) is 70.5 Å². The SMILES string of the molecule is C=C(C)C(=O)Sc1ccc(-c2c(F)cc(SC(=O)C(=C)C)cc2F)cc1. The Morgan fingerprint density at radius 3 is 1.65 bits per heavy atom. The van der Waals surface area contributed by atoms with Crippen molar-refractivity contribution in [2.75, 3.05) is 0 Å². The monoisotopic (exact) mass is 390 g/mol. The lowest BCUT2D eigenvalue weighted by atomic mass is 10.0. The number of rotatable bonds is 5. The summed E-state index contributed by atoms with van der Waals surface area (Å²) in [6.45, 7) is 10.2. The lowest BCUT2D eigenvalue weighted by Gasteiger charge is -2.09. The van der Waals surface area contributed by atoms with Gasteiger partial charge in [0.1, 0.15) is 11.6 Å². The molecule has 0 atom stereocenters. The lowest BCUT2D eigenvalue weighted by Crippen LogP contribution is -1.95. The lowest BCUT2D eigenvalue weighted by molar-refractivity contribution is -0.108. The van der Waals surface area contributed by atoms with Crippen LogP contribution < -0.4 is 0 Å². The number of benzene rings is 2. The largest absolute Gasteiger partial charge is 0.282 e. The zero-order valence-electron chi connectivity index (χ0n) is 14.3. The number of hydrogen-bond donors (Lipinski definition) is 0. The highest BCUT2D eigenvalue weighted by Crippen LogP contribution is 2.33. The van der Waals surface area contributed by atoms with Gasteiger partial charge < -0.3 is 0 Å². The Morgan fingerprint density at radius 2 is 1.23 bits per heavy atom.